The van der Waals surface area contributed by atoms with Crippen LogP contribution in [0.5, 0.6) is 0 Å². The molecule has 0 aliphatic heterocycles. The van der Waals surface area contributed by atoms with E-state index in [0.717, 1.165) is 38.5 Å². The Balaban J connectivity index is 3.58. The van der Waals surface area contributed by atoms with Crippen molar-refractivity contribution in [1.29, 1.82) is 0 Å². The molecule has 5 heteroatoms. The number of hydrogen-bond donors (Lipinski definition) is 4. The van der Waals surface area contributed by atoms with E-state index in [2.05, 4.69) is 31.3 Å². The first-order valence-corrected chi connectivity index (χ1v) is 22.5. The Labute approximate surface area is 312 Å². The molecular formula is C45H89NO4. The molecular weight excluding hydrogens is 618 g/mol. The van der Waals surface area contributed by atoms with Gasteiger partial charge in [-0.15, -0.1) is 0 Å². The van der Waals surface area contributed by atoms with Crippen molar-refractivity contribution in [2.45, 2.75) is 263 Å². The smallest absolute Gasteiger partial charge is 0.220 e. The van der Waals surface area contributed by atoms with E-state index in [1.807, 2.05) is 0 Å². The highest BCUT2D eigenvalue weighted by Crippen LogP contribution is 2.16. The summed E-state index contributed by atoms with van der Waals surface area (Å²) in [5, 5.41) is 33.5. The molecule has 4 N–H and O–H groups in total. The number of rotatable bonds is 41. The van der Waals surface area contributed by atoms with Crippen molar-refractivity contribution in [2.75, 3.05) is 6.61 Å². The lowest BCUT2D eigenvalue weighted by molar-refractivity contribution is -0.124. The standard InChI is InChI=1S/C45H89NO4/c1-3-5-7-9-11-13-15-17-18-19-20-21-22-23-24-25-26-28-30-32-34-36-38-40-44(49)46-42(41-47)45(50)43(48)39-37-35-33-31-29-27-16-14-12-10-8-6-4-2/h23-24,42-43,45,47-48,50H,3-22,25-41H2,1-2H3,(H,46,49)/b24-23-. The topological polar surface area (TPSA) is 89.8 Å². The zero-order chi connectivity index (χ0) is 36.6. The summed E-state index contributed by atoms with van der Waals surface area (Å²) in [4.78, 5) is 12.4. The summed E-state index contributed by atoms with van der Waals surface area (Å²) in [5.74, 6) is -0.147. The van der Waals surface area contributed by atoms with E-state index >= 15 is 0 Å². The molecule has 0 aliphatic carbocycles. The molecule has 0 aromatic heterocycles. The molecule has 3 atom stereocenters. The van der Waals surface area contributed by atoms with Gasteiger partial charge in [0.1, 0.15) is 6.10 Å². The van der Waals surface area contributed by atoms with E-state index in [4.69, 9.17) is 0 Å². The summed E-state index contributed by atoms with van der Waals surface area (Å²) in [6.07, 6.45) is 47.5. The molecule has 50 heavy (non-hydrogen) atoms. The van der Waals surface area contributed by atoms with Crippen LogP contribution >= 0.6 is 0 Å². The molecule has 0 rings (SSSR count). The Morgan fingerprint density at radius 1 is 0.480 bits per heavy atom. The third kappa shape index (κ3) is 35.5. The fourth-order valence-electron chi connectivity index (χ4n) is 7.10. The lowest BCUT2D eigenvalue weighted by atomic mass is 9.99. The molecule has 3 unspecified atom stereocenters. The predicted octanol–water partition coefficient (Wildman–Crippen LogP) is 12.8. The van der Waals surface area contributed by atoms with Crippen LogP contribution in [0.2, 0.25) is 0 Å². The second-order valence-corrected chi connectivity index (χ2v) is 15.6. The molecule has 0 radical (unpaired) electrons. The number of hydrogen-bond acceptors (Lipinski definition) is 4. The Hall–Kier alpha value is -0.910. The Morgan fingerprint density at radius 2 is 0.800 bits per heavy atom. The number of allylic oxidation sites excluding steroid dienone is 2. The highest BCUT2D eigenvalue weighted by atomic mass is 16.3. The predicted molar refractivity (Wildman–Crippen MR) is 218 cm³/mol. The minimum absolute atomic E-state index is 0.147. The van der Waals surface area contributed by atoms with Gasteiger partial charge in [0, 0.05) is 6.42 Å². The van der Waals surface area contributed by atoms with Crippen LogP contribution in [0.1, 0.15) is 245 Å². The molecule has 0 fully saturated rings. The highest BCUT2D eigenvalue weighted by Gasteiger charge is 2.26. The zero-order valence-corrected chi connectivity index (χ0v) is 33.8. The van der Waals surface area contributed by atoms with Crippen LogP contribution in [-0.2, 0) is 4.79 Å². The molecule has 0 aromatic carbocycles. The number of aliphatic hydroxyl groups is 3. The van der Waals surface area contributed by atoms with Crippen molar-refractivity contribution in [3.05, 3.63) is 12.2 Å². The van der Waals surface area contributed by atoms with Gasteiger partial charge in [-0.3, -0.25) is 4.79 Å². The second-order valence-electron chi connectivity index (χ2n) is 15.6. The molecule has 0 spiro atoms. The van der Waals surface area contributed by atoms with E-state index in [9.17, 15) is 20.1 Å². The Bertz CT molecular complexity index is 699. The highest BCUT2D eigenvalue weighted by molar-refractivity contribution is 5.76. The van der Waals surface area contributed by atoms with Crippen LogP contribution in [0.3, 0.4) is 0 Å². The van der Waals surface area contributed by atoms with Gasteiger partial charge in [0.25, 0.3) is 0 Å². The van der Waals surface area contributed by atoms with E-state index in [1.54, 1.807) is 0 Å². The van der Waals surface area contributed by atoms with Crippen molar-refractivity contribution in [3.63, 3.8) is 0 Å². The van der Waals surface area contributed by atoms with Gasteiger partial charge in [-0.25, -0.2) is 0 Å². The molecule has 0 saturated heterocycles. The molecule has 0 aromatic rings. The lowest BCUT2D eigenvalue weighted by Gasteiger charge is -2.26. The Kier molecular flexibility index (Phi) is 40.1. The van der Waals surface area contributed by atoms with Gasteiger partial charge in [0.2, 0.25) is 5.91 Å². The number of aliphatic hydroxyl groups excluding tert-OH is 3. The molecule has 1 amide bonds. The molecule has 298 valence electrons. The van der Waals surface area contributed by atoms with Gasteiger partial charge in [0.15, 0.2) is 0 Å². The first-order valence-electron chi connectivity index (χ1n) is 22.5. The lowest BCUT2D eigenvalue weighted by Crippen LogP contribution is -2.50. The van der Waals surface area contributed by atoms with Gasteiger partial charge in [0.05, 0.1) is 18.8 Å². The van der Waals surface area contributed by atoms with Crippen molar-refractivity contribution in [2.24, 2.45) is 0 Å². The average molecular weight is 708 g/mol. The van der Waals surface area contributed by atoms with E-state index in [0.29, 0.717) is 12.8 Å². The maximum absolute atomic E-state index is 12.4. The monoisotopic (exact) mass is 708 g/mol. The number of unbranched alkanes of at least 4 members (excludes halogenated alkanes) is 31. The van der Waals surface area contributed by atoms with Crippen LogP contribution in [0, 0.1) is 0 Å². The Morgan fingerprint density at radius 3 is 1.16 bits per heavy atom. The van der Waals surface area contributed by atoms with Gasteiger partial charge in [-0.2, -0.15) is 0 Å². The van der Waals surface area contributed by atoms with Crippen molar-refractivity contribution < 1.29 is 20.1 Å². The van der Waals surface area contributed by atoms with Gasteiger partial charge in [-0.05, 0) is 38.5 Å². The fourth-order valence-corrected chi connectivity index (χ4v) is 7.10. The van der Waals surface area contributed by atoms with Gasteiger partial charge in [-0.1, -0.05) is 212 Å². The summed E-state index contributed by atoms with van der Waals surface area (Å²) in [7, 11) is 0. The number of nitrogens with one attached hydrogen (secondary N) is 1. The summed E-state index contributed by atoms with van der Waals surface area (Å²) in [6.45, 7) is 4.19. The SMILES string of the molecule is CCCCCCCCCCCCCC/C=C\CCCCCCCCCC(=O)NC(CO)C(O)C(O)CCCCCCCCCCCCCCC. The largest absolute Gasteiger partial charge is 0.394 e. The maximum atomic E-state index is 12.4. The van der Waals surface area contributed by atoms with Gasteiger partial charge >= 0.3 is 0 Å². The number of carbonyl (C=O) groups excluding carboxylic acids is 1. The van der Waals surface area contributed by atoms with Crippen LogP contribution in [0.4, 0.5) is 0 Å². The third-order valence-corrected chi connectivity index (χ3v) is 10.6. The number of carbonyl (C=O) groups is 1. The summed E-state index contributed by atoms with van der Waals surface area (Å²) in [6, 6.07) is -0.807. The summed E-state index contributed by atoms with van der Waals surface area (Å²) >= 11 is 0. The van der Waals surface area contributed by atoms with Crippen LogP contribution in [-0.4, -0.2) is 46.1 Å². The first-order chi connectivity index (χ1) is 24.6. The van der Waals surface area contributed by atoms with E-state index in [1.165, 1.54) is 180 Å². The van der Waals surface area contributed by atoms with E-state index < -0.39 is 18.2 Å². The summed E-state index contributed by atoms with van der Waals surface area (Å²) < 4.78 is 0. The molecule has 5 nitrogen and oxygen atoms in total. The minimum atomic E-state index is -1.13. The molecule has 0 heterocycles. The fraction of sp³-hybridized carbons (Fsp3) is 0.933. The van der Waals surface area contributed by atoms with Gasteiger partial charge < -0.3 is 20.6 Å². The first kappa shape index (κ1) is 49.1. The second kappa shape index (κ2) is 40.9. The maximum Gasteiger partial charge on any atom is 0.220 e. The van der Waals surface area contributed by atoms with Crippen LogP contribution < -0.4 is 5.32 Å². The molecule has 0 aliphatic rings. The normalized spacial score (nSPS) is 13.6. The number of amides is 1. The molecule has 0 saturated carbocycles. The third-order valence-electron chi connectivity index (χ3n) is 10.6. The average Bonchev–Trinajstić information content (AvgIpc) is 3.12. The van der Waals surface area contributed by atoms with Crippen LogP contribution in [0.15, 0.2) is 12.2 Å². The van der Waals surface area contributed by atoms with E-state index in [-0.39, 0.29) is 12.5 Å². The molecule has 0 bridgehead atoms. The quantitative estimate of drug-likeness (QED) is 0.0376. The van der Waals surface area contributed by atoms with Crippen molar-refractivity contribution in [1.82, 2.24) is 5.32 Å². The summed E-state index contributed by atoms with van der Waals surface area (Å²) in [5.41, 5.74) is 0. The minimum Gasteiger partial charge on any atom is -0.394 e. The van der Waals surface area contributed by atoms with Crippen molar-refractivity contribution >= 4 is 5.91 Å². The zero-order valence-electron chi connectivity index (χ0n) is 33.8. The van der Waals surface area contributed by atoms with Crippen molar-refractivity contribution in [3.8, 4) is 0 Å². The van der Waals surface area contributed by atoms with Crippen LogP contribution in [0.25, 0.3) is 0 Å².